The van der Waals surface area contributed by atoms with Gasteiger partial charge in [-0.1, -0.05) is 29.3 Å². The minimum absolute atomic E-state index is 0.0365. The maximum Gasteiger partial charge on any atom is 0.257 e. The molecule has 0 radical (unpaired) electrons. The number of halogens is 3. The first-order valence-corrected chi connectivity index (χ1v) is 6.37. The number of amides is 1. The Kier molecular flexibility index (Phi) is 4.24. The SMILES string of the molecule is Cc1c(Cl)cccc1C(=O)Nc1cc(Cl)nc(Cl)n1. The molecule has 0 aliphatic rings. The van der Waals surface area contributed by atoms with Gasteiger partial charge in [0.05, 0.1) is 0 Å². The van der Waals surface area contributed by atoms with E-state index in [0.29, 0.717) is 16.1 Å². The molecule has 1 N–H and O–H groups in total. The van der Waals surface area contributed by atoms with Crippen molar-refractivity contribution in [3.8, 4) is 0 Å². The van der Waals surface area contributed by atoms with Crippen LogP contribution in [0.2, 0.25) is 15.5 Å². The van der Waals surface area contributed by atoms with E-state index in [-0.39, 0.29) is 22.2 Å². The molecule has 4 nitrogen and oxygen atoms in total. The van der Waals surface area contributed by atoms with Gasteiger partial charge in [-0.25, -0.2) is 9.97 Å². The van der Waals surface area contributed by atoms with Crippen LogP contribution < -0.4 is 5.32 Å². The fourth-order valence-corrected chi connectivity index (χ4v) is 2.07. The van der Waals surface area contributed by atoms with Crippen molar-refractivity contribution in [3.05, 3.63) is 50.9 Å². The smallest absolute Gasteiger partial charge is 0.257 e. The lowest BCUT2D eigenvalue weighted by Gasteiger charge is -2.08. The second-order valence-electron chi connectivity index (χ2n) is 3.71. The van der Waals surface area contributed by atoms with E-state index in [0.717, 1.165) is 0 Å². The number of aromatic nitrogens is 2. The van der Waals surface area contributed by atoms with Crippen molar-refractivity contribution >= 4 is 46.5 Å². The van der Waals surface area contributed by atoms with Gasteiger partial charge in [0.25, 0.3) is 5.91 Å². The zero-order valence-corrected chi connectivity index (χ0v) is 12.0. The van der Waals surface area contributed by atoms with Crippen molar-refractivity contribution in [3.63, 3.8) is 0 Å². The van der Waals surface area contributed by atoms with Crippen LogP contribution in [0, 0.1) is 6.92 Å². The molecule has 0 aliphatic carbocycles. The fraction of sp³-hybridized carbons (Fsp3) is 0.0833. The van der Waals surface area contributed by atoms with Crippen LogP contribution in [0.3, 0.4) is 0 Å². The first-order valence-electron chi connectivity index (χ1n) is 5.24. The second kappa shape index (κ2) is 5.74. The first kappa shape index (κ1) is 14.1. The van der Waals surface area contributed by atoms with E-state index >= 15 is 0 Å². The molecule has 98 valence electrons. The van der Waals surface area contributed by atoms with Crippen LogP contribution in [0.4, 0.5) is 5.82 Å². The van der Waals surface area contributed by atoms with Gasteiger partial charge in [-0.2, -0.15) is 0 Å². The van der Waals surface area contributed by atoms with Gasteiger partial charge in [0.2, 0.25) is 5.28 Å². The molecule has 2 rings (SSSR count). The quantitative estimate of drug-likeness (QED) is 0.673. The van der Waals surface area contributed by atoms with Crippen LogP contribution in [-0.2, 0) is 0 Å². The summed E-state index contributed by atoms with van der Waals surface area (Å²) < 4.78 is 0. The summed E-state index contributed by atoms with van der Waals surface area (Å²) in [6, 6.07) is 6.49. The number of rotatable bonds is 2. The number of anilines is 1. The summed E-state index contributed by atoms with van der Waals surface area (Å²) in [6.45, 7) is 1.76. The minimum Gasteiger partial charge on any atom is -0.306 e. The summed E-state index contributed by atoms with van der Waals surface area (Å²) in [5, 5.41) is 3.22. The minimum atomic E-state index is -0.342. The zero-order valence-electron chi connectivity index (χ0n) is 9.75. The number of carbonyl (C=O) groups excluding carboxylic acids is 1. The average molecular weight is 317 g/mol. The van der Waals surface area contributed by atoms with Gasteiger partial charge in [0, 0.05) is 16.7 Å². The number of hydrogen-bond acceptors (Lipinski definition) is 3. The summed E-state index contributed by atoms with van der Waals surface area (Å²) in [5.74, 6) is -0.111. The normalized spacial score (nSPS) is 10.3. The molecule has 1 aromatic carbocycles. The monoisotopic (exact) mass is 315 g/mol. The van der Waals surface area contributed by atoms with E-state index in [4.69, 9.17) is 34.8 Å². The lowest BCUT2D eigenvalue weighted by Crippen LogP contribution is -2.14. The summed E-state index contributed by atoms with van der Waals surface area (Å²) in [4.78, 5) is 19.6. The molecular formula is C12H8Cl3N3O. The molecule has 1 amide bonds. The molecule has 2 aromatic rings. The number of nitrogens with one attached hydrogen (secondary N) is 1. The van der Waals surface area contributed by atoms with Crippen LogP contribution in [0.5, 0.6) is 0 Å². The highest BCUT2D eigenvalue weighted by atomic mass is 35.5. The third-order valence-corrected chi connectivity index (χ3v) is 3.19. The van der Waals surface area contributed by atoms with E-state index in [1.165, 1.54) is 6.07 Å². The number of carbonyl (C=O) groups is 1. The Morgan fingerprint density at radius 2 is 1.95 bits per heavy atom. The van der Waals surface area contributed by atoms with Gasteiger partial charge in [0.15, 0.2) is 0 Å². The van der Waals surface area contributed by atoms with E-state index < -0.39 is 0 Å². The Labute approximate surface area is 124 Å². The molecule has 7 heteroatoms. The Morgan fingerprint density at radius 3 is 2.63 bits per heavy atom. The Balaban J connectivity index is 2.28. The molecular weight excluding hydrogens is 309 g/mol. The average Bonchev–Trinajstić information content (AvgIpc) is 2.31. The van der Waals surface area contributed by atoms with Crippen LogP contribution >= 0.6 is 34.8 Å². The van der Waals surface area contributed by atoms with E-state index in [1.54, 1.807) is 25.1 Å². The lowest BCUT2D eigenvalue weighted by atomic mass is 10.1. The molecule has 0 fully saturated rings. The maximum absolute atomic E-state index is 12.1. The molecule has 0 spiro atoms. The van der Waals surface area contributed by atoms with E-state index in [2.05, 4.69) is 15.3 Å². The topological polar surface area (TPSA) is 54.9 Å². The summed E-state index contributed by atoms with van der Waals surface area (Å²) in [7, 11) is 0. The Bertz CT molecular complexity index is 626. The van der Waals surface area contributed by atoms with Crippen LogP contribution in [0.25, 0.3) is 0 Å². The summed E-state index contributed by atoms with van der Waals surface area (Å²) >= 11 is 17.3. The van der Waals surface area contributed by atoms with Gasteiger partial charge < -0.3 is 5.32 Å². The van der Waals surface area contributed by atoms with Crippen molar-refractivity contribution in [1.82, 2.24) is 9.97 Å². The molecule has 0 aliphatic heterocycles. The predicted molar refractivity (Wildman–Crippen MR) is 76.2 cm³/mol. The highest BCUT2D eigenvalue weighted by molar-refractivity contribution is 6.32. The van der Waals surface area contributed by atoms with Crippen molar-refractivity contribution in [2.24, 2.45) is 0 Å². The zero-order chi connectivity index (χ0) is 14.0. The highest BCUT2D eigenvalue weighted by Crippen LogP contribution is 2.20. The molecule has 0 saturated heterocycles. The standard InChI is InChI=1S/C12H8Cl3N3O/c1-6-7(3-2-4-8(6)13)11(19)17-10-5-9(14)16-12(15)18-10/h2-5H,1H3,(H,16,17,18,19). The van der Waals surface area contributed by atoms with Gasteiger partial charge in [-0.15, -0.1) is 0 Å². The second-order valence-corrected chi connectivity index (χ2v) is 4.84. The Hall–Kier alpha value is -1.36. The first-order chi connectivity index (χ1) is 8.97. The summed E-state index contributed by atoms with van der Waals surface area (Å²) in [5.41, 5.74) is 1.14. The highest BCUT2D eigenvalue weighted by Gasteiger charge is 2.12. The van der Waals surface area contributed by atoms with Gasteiger partial charge in [0.1, 0.15) is 11.0 Å². The maximum atomic E-state index is 12.1. The largest absolute Gasteiger partial charge is 0.306 e. The third kappa shape index (κ3) is 3.35. The van der Waals surface area contributed by atoms with Gasteiger partial charge >= 0.3 is 0 Å². The number of benzene rings is 1. The summed E-state index contributed by atoms with van der Waals surface area (Å²) in [6.07, 6.45) is 0. The molecule has 1 heterocycles. The van der Waals surface area contributed by atoms with Crippen molar-refractivity contribution < 1.29 is 4.79 Å². The van der Waals surface area contributed by atoms with Crippen molar-refractivity contribution in [1.29, 1.82) is 0 Å². The Morgan fingerprint density at radius 1 is 1.21 bits per heavy atom. The fourth-order valence-electron chi connectivity index (χ4n) is 1.49. The van der Waals surface area contributed by atoms with E-state index in [1.807, 2.05) is 0 Å². The lowest BCUT2D eigenvalue weighted by molar-refractivity contribution is 0.102. The molecule has 0 atom stereocenters. The predicted octanol–water partition coefficient (Wildman–Crippen LogP) is 4.00. The van der Waals surface area contributed by atoms with Crippen molar-refractivity contribution in [2.75, 3.05) is 5.32 Å². The van der Waals surface area contributed by atoms with E-state index in [9.17, 15) is 4.79 Å². The molecule has 0 saturated carbocycles. The van der Waals surface area contributed by atoms with Crippen molar-refractivity contribution in [2.45, 2.75) is 6.92 Å². The van der Waals surface area contributed by atoms with Crippen LogP contribution in [-0.4, -0.2) is 15.9 Å². The van der Waals surface area contributed by atoms with Gasteiger partial charge in [-0.05, 0) is 36.2 Å². The molecule has 1 aromatic heterocycles. The molecule has 0 unspecified atom stereocenters. The molecule has 0 bridgehead atoms. The molecule has 19 heavy (non-hydrogen) atoms. The van der Waals surface area contributed by atoms with Gasteiger partial charge in [-0.3, -0.25) is 4.79 Å². The number of nitrogens with zero attached hydrogens (tertiary/aromatic N) is 2. The van der Waals surface area contributed by atoms with Crippen LogP contribution in [0.15, 0.2) is 24.3 Å². The van der Waals surface area contributed by atoms with Crippen LogP contribution in [0.1, 0.15) is 15.9 Å². The number of hydrogen-bond donors (Lipinski definition) is 1. The third-order valence-electron chi connectivity index (χ3n) is 2.42.